The molecular weight excluding hydrogens is 356 g/mol. The first-order valence-corrected chi connectivity index (χ1v) is 10.6. The molecule has 1 N–H and O–H groups in total. The van der Waals surface area contributed by atoms with Gasteiger partial charge in [-0.05, 0) is 42.5 Å². The summed E-state index contributed by atoms with van der Waals surface area (Å²) in [5.74, 6) is 0. The fourth-order valence-electron chi connectivity index (χ4n) is 3.06. The maximum absolute atomic E-state index is 5.81. The van der Waals surface area contributed by atoms with Gasteiger partial charge >= 0.3 is 0 Å². The summed E-state index contributed by atoms with van der Waals surface area (Å²) in [6.45, 7) is 6.26. The third kappa shape index (κ3) is 6.11. The molecule has 2 aromatic rings. The van der Waals surface area contributed by atoms with E-state index in [1.54, 1.807) is 11.8 Å². The van der Waals surface area contributed by atoms with Crippen LogP contribution in [0, 0.1) is 0 Å². The van der Waals surface area contributed by atoms with E-state index in [9.17, 15) is 0 Å². The van der Waals surface area contributed by atoms with Crippen molar-refractivity contribution in [1.82, 2.24) is 10.4 Å². The van der Waals surface area contributed by atoms with E-state index in [2.05, 4.69) is 66.0 Å². The molecule has 144 valence electrons. The minimum absolute atomic E-state index is 0.303. The summed E-state index contributed by atoms with van der Waals surface area (Å²) < 4.78 is 5.47. The first-order chi connectivity index (χ1) is 13.3. The van der Waals surface area contributed by atoms with Crippen molar-refractivity contribution in [2.45, 2.75) is 24.5 Å². The van der Waals surface area contributed by atoms with Crippen molar-refractivity contribution in [1.29, 1.82) is 0 Å². The maximum Gasteiger partial charge on any atom is 0.0996 e. The molecular formula is C22H28N2O2S. The van der Waals surface area contributed by atoms with Crippen LogP contribution in [0.25, 0.3) is 5.70 Å². The van der Waals surface area contributed by atoms with Crippen LogP contribution < -0.4 is 5.48 Å². The van der Waals surface area contributed by atoms with Crippen LogP contribution >= 0.6 is 11.8 Å². The zero-order valence-electron chi connectivity index (χ0n) is 16.1. The molecule has 0 amide bonds. The number of rotatable bonds is 8. The third-order valence-electron chi connectivity index (χ3n) is 4.69. The van der Waals surface area contributed by atoms with Crippen molar-refractivity contribution in [2.24, 2.45) is 0 Å². The van der Waals surface area contributed by atoms with E-state index in [0.717, 1.165) is 43.1 Å². The average molecular weight is 385 g/mol. The van der Waals surface area contributed by atoms with Gasteiger partial charge in [0.1, 0.15) is 0 Å². The summed E-state index contributed by atoms with van der Waals surface area (Å²) in [7, 11) is 0. The van der Waals surface area contributed by atoms with Gasteiger partial charge in [-0.2, -0.15) is 0 Å². The lowest BCUT2D eigenvalue weighted by atomic mass is 10.1. The highest BCUT2D eigenvalue weighted by atomic mass is 32.2. The fourth-order valence-corrected chi connectivity index (χ4v) is 3.47. The number of morpholine rings is 1. The predicted molar refractivity (Wildman–Crippen MR) is 112 cm³/mol. The molecule has 5 heteroatoms. The van der Waals surface area contributed by atoms with E-state index in [-0.39, 0.29) is 0 Å². The Labute approximate surface area is 166 Å². The minimum atomic E-state index is 0.303. The molecule has 1 aliphatic rings. The largest absolute Gasteiger partial charge is 0.379 e. The zero-order chi connectivity index (χ0) is 18.9. The zero-order valence-corrected chi connectivity index (χ0v) is 16.9. The van der Waals surface area contributed by atoms with Crippen molar-refractivity contribution in [3.05, 3.63) is 71.8 Å². The van der Waals surface area contributed by atoms with Crippen LogP contribution in [0.5, 0.6) is 0 Å². The van der Waals surface area contributed by atoms with Crippen LogP contribution in [0.3, 0.4) is 0 Å². The highest BCUT2D eigenvalue weighted by Gasteiger charge is 2.16. The third-order valence-corrected chi connectivity index (χ3v) is 5.44. The van der Waals surface area contributed by atoms with Gasteiger partial charge in [0.2, 0.25) is 0 Å². The predicted octanol–water partition coefficient (Wildman–Crippen LogP) is 4.19. The first-order valence-electron chi connectivity index (χ1n) is 9.36. The number of nitrogens with zero attached hydrogens (tertiary/aromatic N) is 1. The molecule has 1 unspecified atom stereocenters. The lowest BCUT2D eigenvalue weighted by Crippen LogP contribution is -2.41. The summed E-state index contributed by atoms with van der Waals surface area (Å²) in [6.07, 6.45) is 4.33. The molecule has 0 aliphatic carbocycles. The molecule has 1 saturated heterocycles. The summed E-state index contributed by atoms with van der Waals surface area (Å²) in [5, 5.41) is 0. The lowest BCUT2D eigenvalue weighted by molar-refractivity contribution is 0.0281. The fraction of sp³-hybridized carbons (Fsp3) is 0.364. The molecule has 2 aromatic carbocycles. The molecule has 0 spiro atoms. The molecule has 0 radical (unpaired) electrons. The minimum Gasteiger partial charge on any atom is -0.379 e. The van der Waals surface area contributed by atoms with E-state index in [4.69, 9.17) is 9.57 Å². The van der Waals surface area contributed by atoms with Crippen LogP contribution in [0.2, 0.25) is 0 Å². The Morgan fingerprint density at radius 1 is 1.15 bits per heavy atom. The van der Waals surface area contributed by atoms with E-state index in [1.807, 2.05) is 18.2 Å². The van der Waals surface area contributed by atoms with Crippen LogP contribution in [0.4, 0.5) is 0 Å². The molecule has 0 aromatic heterocycles. The molecule has 1 fully saturated rings. The Kier molecular flexibility index (Phi) is 7.78. The number of hydroxylamine groups is 1. The highest BCUT2D eigenvalue weighted by molar-refractivity contribution is 7.98. The smallest absolute Gasteiger partial charge is 0.0996 e. The summed E-state index contributed by atoms with van der Waals surface area (Å²) in [5.41, 5.74) is 6.45. The van der Waals surface area contributed by atoms with Crippen LogP contribution in [0.15, 0.2) is 65.6 Å². The van der Waals surface area contributed by atoms with Gasteiger partial charge in [-0.15, -0.1) is 11.8 Å². The van der Waals surface area contributed by atoms with Crippen molar-refractivity contribution >= 4 is 17.5 Å². The van der Waals surface area contributed by atoms with Gasteiger partial charge in [-0.1, -0.05) is 42.5 Å². The lowest BCUT2D eigenvalue weighted by Gasteiger charge is -2.31. The van der Waals surface area contributed by atoms with Gasteiger partial charge in [0.05, 0.1) is 25.5 Å². The average Bonchev–Trinajstić information content (AvgIpc) is 2.74. The Bertz CT molecular complexity index is 713. The van der Waals surface area contributed by atoms with Gasteiger partial charge in [-0.3, -0.25) is 15.2 Å². The van der Waals surface area contributed by atoms with Crippen LogP contribution in [-0.2, 0) is 16.2 Å². The summed E-state index contributed by atoms with van der Waals surface area (Å²) in [4.78, 5) is 9.50. The van der Waals surface area contributed by atoms with Gasteiger partial charge in [0.15, 0.2) is 0 Å². The topological polar surface area (TPSA) is 33.7 Å². The number of hydrogen-bond acceptors (Lipinski definition) is 5. The van der Waals surface area contributed by atoms with E-state index >= 15 is 0 Å². The molecule has 1 aliphatic heterocycles. The second-order valence-electron chi connectivity index (χ2n) is 6.57. The van der Waals surface area contributed by atoms with Gasteiger partial charge in [-0.25, -0.2) is 0 Å². The highest BCUT2D eigenvalue weighted by Crippen LogP contribution is 2.20. The first kappa shape index (κ1) is 20.0. The van der Waals surface area contributed by atoms with Crippen molar-refractivity contribution in [3.63, 3.8) is 0 Å². The van der Waals surface area contributed by atoms with Gasteiger partial charge < -0.3 is 4.74 Å². The molecule has 1 atom stereocenters. The van der Waals surface area contributed by atoms with Crippen LogP contribution in [-0.4, -0.2) is 43.5 Å². The summed E-state index contributed by atoms with van der Waals surface area (Å²) >= 11 is 1.75. The molecule has 0 saturated carbocycles. The Hall–Kier alpha value is -1.79. The molecule has 0 bridgehead atoms. The Morgan fingerprint density at radius 2 is 1.85 bits per heavy atom. The monoisotopic (exact) mass is 384 g/mol. The number of benzene rings is 2. The second-order valence-corrected chi connectivity index (χ2v) is 7.45. The van der Waals surface area contributed by atoms with Crippen LogP contribution in [0.1, 0.15) is 18.1 Å². The van der Waals surface area contributed by atoms with E-state index in [0.29, 0.717) is 12.6 Å². The number of hydrogen-bond donors (Lipinski definition) is 1. The molecule has 1 heterocycles. The maximum atomic E-state index is 5.81. The quantitative estimate of drug-likeness (QED) is 0.545. The molecule has 27 heavy (non-hydrogen) atoms. The van der Waals surface area contributed by atoms with E-state index < -0.39 is 0 Å². The van der Waals surface area contributed by atoms with E-state index in [1.165, 1.54) is 4.90 Å². The number of ether oxygens (including phenoxy) is 1. The number of nitrogens with one attached hydrogen (secondary N) is 1. The van der Waals surface area contributed by atoms with Crippen molar-refractivity contribution < 1.29 is 9.57 Å². The second kappa shape index (κ2) is 10.5. The molecule has 3 rings (SSSR count). The molecule has 4 nitrogen and oxygen atoms in total. The Morgan fingerprint density at radius 3 is 2.52 bits per heavy atom. The van der Waals surface area contributed by atoms with Gasteiger partial charge in [0, 0.05) is 24.0 Å². The van der Waals surface area contributed by atoms with Crippen molar-refractivity contribution in [3.8, 4) is 0 Å². The standard InChI is InChI=1S/C22H28N2O2S/c1-18(24-12-14-25-15-13-24)16-22(20-8-10-21(27-2)11-9-20)23-26-17-19-6-4-3-5-7-19/h3-11,16,18,23H,12-15,17H2,1-2H3. The number of thioether (sulfide) groups is 1. The van der Waals surface area contributed by atoms with Gasteiger partial charge in [0.25, 0.3) is 0 Å². The van der Waals surface area contributed by atoms with Crippen molar-refractivity contribution in [2.75, 3.05) is 32.6 Å². The Balaban J connectivity index is 1.71. The normalized spacial score (nSPS) is 16.9. The SMILES string of the molecule is CSc1ccc(C(=CC(C)N2CCOCC2)NOCc2ccccc2)cc1. The summed E-state index contributed by atoms with van der Waals surface area (Å²) in [6, 6.07) is 19.1.